The van der Waals surface area contributed by atoms with Crippen LogP contribution in [0.1, 0.15) is 31.0 Å². The van der Waals surface area contributed by atoms with Crippen molar-refractivity contribution in [2.24, 2.45) is 0 Å². The van der Waals surface area contributed by atoms with Crippen molar-refractivity contribution < 1.29 is 14.3 Å². The van der Waals surface area contributed by atoms with Crippen molar-refractivity contribution in [1.29, 1.82) is 0 Å². The Labute approximate surface area is 165 Å². The second-order valence-electron chi connectivity index (χ2n) is 6.51. The Kier molecular flexibility index (Phi) is 5.94. The number of allylic oxidation sites excluding steroid dienone is 2. The molecule has 2 amide bonds. The van der Waals surface area contributed by atoms with Gasteiger partial charge in [0.15, 0.2) is 5.78 Å². The van der Waals surface area contributed by atoms with E-state index < -0.39 is 6.04 Å². The largest absolute Gasteiger partial charge is 0.497 e. The maximum atomic E-state index is 13.1. The predicted octanol–water partition coefficient (Wildman–Crippen LogP) is 4.34. The summed E-state index contributed by atoms with van der Waals surface area (Å²) in [6.45, 7) is 4.21. The molecule has 0 bridgehead atoms. The SMILES string of the molecule is CCN1C(=O)N[C@H](c2ccccc2)C(C(=O)/C=C/c2ccc(OC)cc2)=C1C. The summed E-state index contributed by atoms with van der Waals surface area (Å²) in [7, 11) is 1.62. The van der Waals surface area contributed by atoms with Crippen LogP contribution < -0.4 is 10.1 Å². The number of nitrogens with one attached hydrogen (secondary N) is 1. The van der Waals surface area contributed by atoms with E-state index >= 15 is 0 Å². The molecule has 5 nitrogen and oxygen atoms in total. The lowest BCUT2D eigenvalue weighted by Crippen LogP contribution is -2.47. The van der Waals surface area contributed by atoms with Crippen LogP contribution in [0.15, 0.2) is 71.9 Å². The highest BCUT2D eigenvalue weighted by molar-refractivity contribution is 6.09. The summed E-state index contributed by atoms with van der Waals surface area (Å²) in [5.41, 5.74) is 3.05. The van der Waals surface area contributed by atoms with Crippen LogP contribution in [-0.2, 0) is 4.79 Å². The zero-order chi connectivity index (χ0) is 20.1. The molecular formula is C23H24N2O3. The Morgan fingerprint density at radius 3 is 2.43 bits per heavy atom. The zero-order valence-electron chi connectivity index (χ0n) is 16.3. The lowest BCUT2D eigenvalue weighted by Gasteiger charge is -2.35. The van der Waals surface area contributed by atoms with Crippen molar-refractivity contribution in [1.82, 2.24) is 10.2 Å². The molecule has 1 aliphatic heterocycles. The Morgan fingerprint density at radius 2 is 1.82 bits per heavy atom. The van der Waals surface area contributed by atoms with Crippen LogP contribution in [0.4, 0.5) is 4.79 Å². The van der Waals surface area contributed by atoms with Crippen LogP contribution >= 0.6 is 0 Å². The van der Waals surface area contributed by atoms with Gasteiger partial charge in [0.25, 0.3) is 0 Å². The summed E-state index contributed by atoms with van der Waals surface area (Å²) in [5, 5.41) is 2.97. The fourth-order valence-corrected chi connectivity index (χ4v) is 3.35. The third-order valence-corrected chi connectivity index (χ3v) is 4.85. The summed E-state index contributed by atoms with van der Waals surface area (Å²) in [6, 6.07) is 16.4. The van der Waals surface area contributed by atoms with E-state index in [4.69, 9.17) is 4.74 Å². The number of nitrogens with zero attached hydrogens (tertiary/aromatic N) is 1. The van der Waals surface area contributed by atoms with Crippen molar-refractivity contribution in [3.8, 4) is 5.75 Å². The van der Waals surface area contributed by atoms with Gasteiger partial charge in [-0.05, 0) is 43.2 Å². The number of carbonyl (C=O) groups excluding carboxylic acids is 2. The van der Waals surface area contributed by atoms with Crippen molar-refractivity contribution in [3.63, 3.8) is 0 Å². The molecule has 1 N–H and O–H groups in total. The number of ether oxygens (including phenoxy) is 1. The molecular weight excluding hydrogens is 352 g/mol. The minimum Gasteiger partial charge on any atom is -0.497 e. The molecule has 2 aromatic rings. The van der Waals surface area contributed by atoms with Gasteiger partial charge < -0.3 is 10.1 Å². The normalized spacial score (nSPS) is 17.0. The Hall–Kier alpha value is -3.34. The second kappa shape index (κ2) is 8.57. The van der Waals surface area contributed by atoms with Gasteiger partial charge >= 0.3 is 6.03 Å². The number of amides is 2. The third kappa shape index (κ3) is 3.98. The van der Waals surface area contributed by atoms with Gasteiger partial charge in [0.2, 0.25) is 0 Å². The number of urea groups is 1. The number of rotatable bonds is 6. The lowest BCUT2D eigenvalue weighted by molar-refractivity contribution is -0.111. The Bertz CT molecular complexity index is 915. The van der Waals surface area contributed by atoms with E-state index in [9.17, 15) is 9.59 Å². The highest BCUT2D eigenvalue weighted by Crippen LogP contribution is 2.31. The predicted molar refractivity (Wildman–Crippen MR) is 110 cm³/mol. The maximum absolute atomic E-state index is 13.1. The number of methoxy groups -OCH3 is 1. The average molecular weight is 376 g/mol. The molecule has 0 spiro atoms. The van der Waals surface area contributed by atoms with E-state index in [2.05, 4.69) is 5.32 Å². The van der Waals surface area contributed by atoms with Crippen LogP contribution in [0.3, 0.4) is 0 Å². The molecule has 0 radical (unpaired) electrons. The van der Waals surface area contributed by atoms with Crippen LogP contribution in [-0.4, -0.2) is 30.4 Å². The van der Waals surface area contributed by atoms with E-state index in [1.807, 2.05) is 68.4 Å². The molecule has 0 saturated heterocycles. The first-order chi connectivity index (χ1) is 13.5. The molecule has 1 aliphatic rings. The van der Waals surface area contributed by atoms with Crippen molar-refractivity contribution in [2.75, 3.05) is 13.7 Å². The molecule has 1 heterocycles. The van der Waals surface area contributed by atoms with Crippen LogP contribution in [0.2, 0.25) is 0 Å². The van der Waals surface area contributed by atoms with Gasteiger partial charge in [0.05, 0.1) is 13.2 Å². The van der Waals surface area contributed by atoms with Gasteiger partial charge in [0.1, 0.15) is 5.75 Å². The molecule has 2 aromatic carbocycles. The highest BCUT2D eigenvalue weighted by atomic mass is 16.5. The maximum Gasteiger partial charge on any atom is 0.322 e. The van der Waals surface area contributed by atoms with Gasteiger partial charge in [-0.2, -0.15) is 0 Å². The molecule has 5 heteroatoms. The summed E-state index contributed by atoms with van der Waals surface area (Å²) in [4.78, 5) is 27.2. The Balaban J connectivity index is 1.95. The van der Waals surface area contributed by atoms with Gasteiger partial charge in [-0.15, -0.1) is 0 Å². The van der Waals surface area contributed by atoms with Gasteiger partial charge in [-0.25, -0.2) is 4.79 Å². The van der Waals surface area contributed by atoms with Crippen LogP contribution in [0.25, 0.3) is 6.08 Å². The first-order valence-corrected chi connectivity index (χ1v) is 9.25. The number of ketones is 1. The van der Waals surface area contributed by atoms with E-state index in [0.717, 1.165) is 16.9 Å². The minimum atomic E-state index is -0.468. The monoisotopic (exact) mass is 376 g/mol. The van der Waals surface area contributed by atoms with E-state index in [1.54, 1.807) is 24.2 Å². The lowest BCUT2D eigenvalue weighted by atomic mass is 9.91. The molecule has 144 valence electrons. The standard InChI is InChI=1S/C23H24N2O3/c1-4-25-16(2)21(22(24-23(25)27)18-8-6-5-7-9-18)20(26)15-12-17-10-13-19(28-3)14-11-17/h5-15,22H,4H2,1-3H3,(H,24,27)/b15-12+/t22-/m1/s1. The van der Waals surface area contributed by atoms with E-state index in [-0.39, 0.29) is 11.8 Å². The Morgan fingerprint density at radius 1 is 1.14 bits per heavy atom. The summed E-state index contributed by atoms with van der Waals surface area (Å²) in [6.07, 6.45) is 3.33. The van der Waals surface area contributed by atoms with E-state index in [0.29, 0.717) is 17.8 Å². The number of hydrogen-bond acceptors (Lipinski definition) is 3. The molecule has 0 aliphatic carbocycles. The van der Waals surface area contributed by atoms with Crippen LogP contribution in [0.5, 0.6) is 5.75 Å². The molecule has 0 fully saturated rings. The molecule has 0 saturated carbocycles. The smallest absolute Gasteiger partial charge is 0.322 e. The summed E-state index contributed by atoms with van der Waals surface area (Å²) < 4.78 is 5.16. The molecule has 1 atom stereocenters. The topological polar surface area (TPSA) is 58.6 Å². The summed E-state index contributed by atoms with van der Waals surface area (Å²) >= 11 is 0. The fraction of sp³-hybridized carbons (Fsp3) is 0.217. The molecule has 28 heavy (non-hydrogen) atoms. The van der Waals surface area contributed by atoms with Gasteiger partial charge in [-0.1, -0.05) is 48.5 Å². The van der Waals surface area contributed by atoms with Crippen LogP contribution in [0, 0.1) is 0 Å². The average Bonchev–Trinajstić information content (AvgIpc) is 2.73. The van der Waals surface area contributed by atoms with Gasteiger partial charge in [-0.3, -0.25) is 9.69 Å². The number of carbonyl (C=O) groups is 2. The molecule has 0 unspecified atom stereocenters. The third-order valence-electron chi connectivity index (χ3n) is 4.85. The first kappa shape index (κ1) is 19.4. The molecule has 3 rings (SSSR count). The van der Waals surface area contributed by atoms with Crippen molar-refractivity contribution >= 4 is 17.9 Å². The number of benzene rings is 2. The minimum absolute atomic E-state index is 0.124. The quantitative estimate of drug-likeness (QED) is 0.763. The first-order valence-electron chi connectivity index (χ1n) is 9.25. The van der Waals surface area contributed by atoms with E-state index in [1.165, 1.54) is 0 Å². The molecule has 0 aromatic heterocycles. The highest BCUT2D eigenvalue weighted by Gasteiger charge is 2.33. The zero-order valence-corrected chi connectivity index (χ0v) is 16.3. The summed E-state index contributed by atoms with van der Waals surface area (Å²) in [5.74, 6) is 0.639. The van der Waals surface area contributed by atoms with Crippen molar-refractivity contribution in [2.45, 2.75) is 19.9 Å². The van der Waals surface area contributed by atoms with Crippen molar-refractivity contribution in [3.05, 3.63) is 83.1 Å². The fourth-order valence-electron chi connectivity index (χ4n) is 3.35. The second-order valence-corrected chi connectivity index (χ2v) is 6.51. The number of hydrogen-bond donors (Lipinski definition) is 1. The van der Waals surface area contributed by atoms with Gasteiger partial charge in [0, 0.05) is 17.8 Å².